The summed E-state index contributed by atoms with van der Waals surface area (Å²) in [5.41, 5.74) is 0. The molecule has 0 aromatic carbocycles. The van der Waals surface area contributed by atoms with E-state index in [1.54, 1.807) is 0 Å². The molecule has 1 saturated heterocycles. The van der Waals surface area contributed by atoms with Crippen LogP contribution in [0.1, 0.15) is 45.4 Å². The predicted octanol–water partition coefficient (Wildman–Crippen LogP) is 1.70. The lowest BCUT2D eigenvalue weighted by molar-refractivity contribution is -0.120. The van der Waals surface area contributed by atoms with E-state index in [0.717, 1.165) is 38.8 Å². The van der Waals surface area contributed by atoms with Crippen LogP contribution in [0, 0.1) is 5.92 Å². The second-order valence-corrected chi connectivity index (χ2v) is 5.01. The molecule has 0 spiro atoms. The normalized spacial score (nSPS) is 16.7. The van der Waals surface area contributed by atoms with Crippen molar-refractivity contribution in [3.05, 3.63) is 0 Å². The average Bonchev–Trinajstić information content (AvgIpc) is 2.39. The van der Waals surface area contributed by atoms with Gasteiger partial charge in [0.2, 0.25) is 5.91 Å². The van der Waals surface area contributed by atoms with Gasteiger partial charge in [-0.25, -0.2) is 0 Å². The molecule has 0 aromatic heterocycles. The first-order valence-electron chi connectivity index (χ1n) is 7.38. The monoisotopic (exact) mass is 256 g/mol. The molecule has 0 bridgehead atoms. The summed E-state index contributed by atoms with van der Waals surface area (Å²) in [6.45, 7) is 6.40. The minimum atomic E-state index is 0.146. The van der Waals surface area contributed by atoms with Crippen LogP contribution < -0.4 is 10.6 Å². The molecule has 18 heavy (non-hydrogen) atoms. The van der Waals surface area contributed by atoms with Gasteiger partial charge in [0.25, 0.3) is 0 Å². The van der Waals surface area contributed by atoms with Gasteiger partial charge in [0, 0.05) is 32.7 Å². The Hall–Kier alpha value is -0.610. The fourth-order valence-electron chi connectivity index (χ4n) is 2.33. The van der Waals surface area contributed by atoms with Crippen LogP contribution in [0.5, 0.6) is 0 Å². The third-order valence-electron chi connectivity index (χ3n) is 3.46. The maximum absolute atomic E-state index is 11.2. The molecule has 1 amide bonds. The van der Waals surface area contributed by atoms with Gasteiger partial charge in [-0.15, -0.1) is 0 Å². The number of carbonyl (C=O) groups excluding carboxylic acids is 1. The van der Waals surface area contributed by atoms with Gasteiger partial charge in [0.1, 0.15) is 0 Å². The molecule has 2 N–H and O–H groups in total. The number of carbonyl (C=O) groups is 1. The fourth-order valence-corrected chi connectivity index (χ4v) is 2.33. The molecule has 106 valence electrons. The van der Waals surface area contributed by atoms with E-state index in [9.17, 15) is 4.79 Å². The number of amides is 1. The van der Waals surface area contributed by atoms with E-state index in [0.29, 0.717) is 6.42 Å². The molecule has 0 atom stereocenters. The zero-order valence-electron chi connectivity index (χ0n) is 11.7. The highest BCUT2D eigenvalue weighted by atomic mass is 16.5. The summed E-state index contributed by atoms with van der Waals surface area (Å²) in [4.78, 5) is 11.2. The molecule has 1 aliphatic heterocycles. The molecule has 0 unspecified atom stereocenters. The lowest BCUT2D eigenvalue weighted by Gasteiger charge is -2.21. The van der Waals surface area contributed by atoms with Gasteiger partial charge in [-0.05, 0) is 38.6 Å². The summed E-state index contributed by atoms with van der Waals surface area (Å²) >= 11 is 0. The second kappa shape index (κ2) is 10.3. The standard InChI is InChI=1S/C14H28N2O2/c1-2-16-14(17)6-10-15-9-4-3-5-13-7-11-18-12-8-13/h13,15H,2-12H2,1H3,(H,16,17). The summed E-state index contributed by atoms with van der Waals surface area (Å²) in [5, 5.41) is 6.13. The van der Waals surface area contributed by atoms with E-state index in [-0.39, 0.29) is 5.91 Å². The quantitative estimate of drug-likeness (QED) is 0.617. The minimum absolute atomic E-state index is 0.146. The van der Waals surface area contributed by atoms with Gasteiger partial charge in [-0.3, -0.25) is 4.79 Å². The van der Waals surface area contributed by atoms with Gasteiger partial charge in [-0.1, -0.05) is 12.8 Å². The number of ether oxygens (including phenoxy) is 1. The van der Waals surface area contributed by atoms with Crippen molar-refractivity contribution in [1.82, 2.24) is 10.6 Å². The highest BCUT2D eigenvalue weighted by Gasteiger charge is 2.12. The number of hydrogen-bond acceptors (Lipinski definition) is 3. The Morgan fingerprint density at radius 3 is 2.72 bits per heavy atom. The highest BCUT2D eigenvalue weighted by molar-refractivity contribution is 5.75. The average molecular weight is 256 g/mol. The Morgan fingerprint density at radius 1 is 1.22 bits per heavy atom. The van der Waals surface area contributed by atoms with Crippen LogP contribution in [-0.2, 0) is 9.53 Å². The first-order valence-corrected chi connectivity index (χ1v) is 7.38. The van der Waals surface area contributed by atoms with Crippen LogP contribution >= 0.6 is 0 Å². The summed E-state index contributed by atoms with van der Waals surface area (Å²) in [7, 11) is 0. The van der Waals surface area contributed by atoms with Crippen LogP contribution in [-0.4, -0.2) is 38.8 Å². The number of nitrogens with one attached hydrogen (secondary N) is 2. The van der Waals surface area contributed by atoms with Crippen molar-refractivity contribution in [2.45, 2.75) is 45.4 Å². The lowest BCUT2D eigenvalue weighted by Crippen LogP contribution is -2.27. The van der Waals surface area contributed by atoms with Gasteiger partial charge in [0.05, 0.1) is 0 Å². The Kier molecular flexibility index (Phi) is 8.86. The summed E-state index contributed by atoms with van der Waals surface area (Å²) in [6, 6.07) is 0. The van der Waals surface area contributed by atoms with E-state index in [2.05, 4.69) is 10.6 Å². The Morgan fingerprint density at radius 2 is 2.00 bits per heavy atom. The third-order valence-corrected chi connectivity index (χ3v) is 3.46. The number of hydrogen-bond donors (Lipinski definition) is 2. The number of unbranched alkanes of at least 4 members (excludes halogenated alkanes) is 1. The van der Waals surface area contributed by atoms with Crippen LogP contribution in [0.15, 0.2) is 0 Å². The topological polar surface area (TPSA) is 50.4 Å². The van der Waals surface area contributed by atoms with E-state index in [1.165, 1.54) is 32.1 Å². The Balaban J connectivity index is 1.82. The zero-order valence-corrected chi connectivity index (χ0v) is 11.7. The second-order valence-electron chi connectivity index (χ2n) is 5.01. The van der Waals surface area contributed by atoms with Crippen LogP contribution in [0.3, 0.4) is 0 Å². The summed E-state index contributed by atoms with van der Waals surface area (Å²) in [6.07, 6.45) is 6.91. The Bertz CT molecular complexity index is 216. The van der Waals surface area contributed by atoms with Crippen molar-refractivity contribution in [2.75, 3.05) is 32.8 Å². The van der Waals surface area contributed by atoms with Crippen molar-refractivity contribution >= 4 is 5.91 Å². The van der Waals surface area contributed by atoms with Gasteiger partial charge >= 0.3 is 0 Å². The van der Waals surface area contributed by atoms with Crippen molar-refractivity contribution < 1.29 is 9.53 Å². The van der Waals surface area contributed by atoms with Crippen LogP contribution in [0.4, 0.5) is 0 Å². The number of rotatable bonds is 9. The molecule has 1 rings (SSSR count). The molecule has 1 fully saturated rings. The van der Waals surface area contributed by atoms with E-state index in [4.69, 9.17) is 4.74 Å². The molecule has 0 saturated carbocycles. The third kappa shape index (κ3) is 7.67. The van der Waals surface area contributed by atoms with Crippen LogP contribution in [0.25, 0.3) is 0 Å². The molecular formula is C14H28N2O2. The largest absolute Gasteiger partial charge is 0.381 e. The molecule has 4 nitrogen and oxygen atoms in total. The van der Waals surface area contributed by atoms with Crippen molar-refractivity contribution in [2.24, 2.45) is 5.92 Å². The first-order chi connectivity index (χ1) is 8.83. The van der Waals surface area contributed by atoms with Gasteiger partial charge in [0.15, 0.2) is 0 Å². The molecule has 1 heterocycles. The maximum atomic E-state index is 11.2. The minimum Gasteiger partial charge on any atom is -0.381 e. The molecule has 1 aliphatic rings. The molecule has 0 aliphatic carbocycles. The molecule has 4 heteroatoms. The maximum Gasteiger partial charge on any atom is 0.221 e. The Labute approximate surface area is 111 Å². The van der Waals surface area contributed by atoms with E-state index < -0.39 is 0 Å². The summed E-state index contributed by atoms with van der Waals surface area (Å²) < 4.78 is 5.35. The van der Waals surface area contributed by atoms with E-state index in [1.807, 2.05) is 6.92 Å². The summed E-state index contributed by atoms with van der Waals surface area (Å²) in [5.74, 6) is 1.03. The molecule has 0 radical (unpaired) electrons. The first kappa shape index (κ1) is 15.4. The fraction of sp³-hybridized carbons (Fsp3) is 0.929. The molecular weight excluding hydrogens is 228 g/mol. The van der Waals surface area contributed by atoms with Crippen LogP contribution in [0.2, 0.25) is 0 Å². The SMILES string of the molecule is CCNC(=O)CCNCCCCC1CCOCC1. The van der Waals surface area contributed by atoms with E-state index >= 15 is 0 Å². The van der Waals surface area contributed by atoms with Crippen molar-refractivity contribution in [1.29, 1.82) is 0 Å². The van der Waals surface area contributed by atoms with Crippen molar-refractivity contribution in [3.63, 3.8) is 0 Å². The zero-order chi connectivity index (χ0) is 13.1. The highest BCUT2D eigenvalue weighted by Crippen LogP contribution is 2.20. The molecule has 0 aromatic rings. The van der Waals surface area contributed by atoms with Gasteiger partial charge < -0.3 is 15.4 Å². The van der Waals surface area contributed by atoms with Crippen molar-refractivity contribution in [3.8, 4) is 0 Å². The smallest absolute Gasteiger partial charge is 0.221 e. The van der Waals surface area contributed by atoms with Gasteiger partial charge in [-0.2, -0.15) is 0 Å². The lowest BCUT2D eigenvalue weighted by atomic mass is 9.94. The predicted molar refractivity (Wildman–Crippen MR) is 73.6 cm³/mol.